The molecule has 0 spiro atoms. The maximum Gasteiger partial charge on any atom is 0.287 e. The van der Waals surface area contributed by atoms with Gasteiger partial charge in [-0.05, 0) is 18.2 Å². The molecule has 28 heavy (non-hydrogen) atoms. The van der Waals surface area contributed by atoms with E-state index < -0.39 is 9.85 Å². The molecule has 0 unspecified atom stereocenters. The molecule has 2 aromatic rings. The summed E-state index contributed by atoms with van der Waals surface area (Å²) in [5.41, 5.74) is 0.650. The Morgan fingerprint density at radius 2 is 1.25 bits per heavy atom. The van der Waals surface area contributed by atoms with E-state index in [1.807, 2.05) is 0 Å². The van der Waals surface area contributed by atoms with Gasteiger partial charge in [0, 0.05) is 32.6 Å². The molecule has 0 amide bonds. The molecule has 0 N–H and O–H groups in total. The van der Waals surface area contributed by atoms with E-state index in [-0.39, 0.29) is 36.8 Å². The van der Waals surface area contributed by atoms with Crippen molar-refractivity contribution in [3.8, 4) is 0 Å². The van der Waals surface area contributed by atoms with Gasteiger partial charge in [0.25, 0.3) is 11.4 Å². The van der Waals surface area contributed by atoms with Gasteiger partial charge in [-0.15, -0.1) is 0 Å². The third-order valence-corrected chi connectivity index (χ3v) is 3.08. The second-order valence-corrected chi connectivity index (χ2v) is 5.00. The molecule has 6 nitrogen and oxygen atoms in total. The van der Waals surface area contributed by atoms with E-state index in [9.17, 15) is 20.2 Å². The summed E-state index contributed by atoms with van der Waals surface area (Å²) >= 11 is 5.48. The van der Waals surface area contributed by atoms with Crippen LogP contribution in [0.1, 0.15) is 5.56 Å². The minimum Gasteiger partial charge on any atom is -0.258 e. The van der Waals surface area contributed by atoms with Crippen molar-refractivity contribution in [1.82, 2.24) is 0 Å². The molecule has 0 aromatic heterocycles. The van der Waals surface area contributed by atoms with E-state index in [2.05, 4.69) is 19.7 Å². The molecule has 150 valence electrons. The maximum absolute atomic E-state index is 10.5. The van der Waals surface area contributed by atoms with Gasteiger partial charge in [-0.3, -0.25) is 20.2 Å². The zero-order valence-electron chi connectivity index (χ0n) is 14.8. The molecule has 2 aromatic carbocycles. The van der Waals surface area contributed by atoms with Gasteiger partial charge < -0.3 is 0 Å². The van der Waals surface area contributed by atoms with Gasteiger partial charge in [-0.1, -0.05) is 79.9 Å². The van der Waals surface area contributed by atoms with Crippen LogP contribution in [-0.4, -0.2) is 9.85 Å². The van der Waals surface area contributed by atoms with Crippen LogP contribution < -0.4 is 0 Å². The first-order valence-electron chi connectivity index (χ1n) is 7.53. The first-order valence-corrected chi connectivity index (χ1v) is 7.91. The van der Waals surface area contributed by atoms with Crippen molar-refractivity contribution in [2.24, 2.45) is 0 Å². The summed E-state index contributed by atoms with van der Waals surface area (Å²) in [7, 11) is 0. The quantitative estimate of drug-likeness (QED) is 0.209. The molecule has 0 atom stereocenters. The van der Waals surface area contributed by atoms with E-state index in [1.165, 1.54) is 18.2 Å². The van der Waals surface area contributed by atoms with E-state index in [0.717, 1.165) is 0 Å². The summed E-state index contributed by atoms with van der Waals surface area (Å²) in [6.07, 6.45) is 8.18. The monoisotopic (exact) mass is 492 g/mol. The number of allylic oxidation sites excluding steroid dienone is 4. The van der Waals surface area contributed by atoms with Gasteiger partial charge in [0.05, 0.1) is 15.4 Å². The van der Waals surface area contributed by atoms with Crippen LogP contribution in [0.5, 0.6) is 0 Å². The van der Waals surface area contributed by atoms with Gasteiger partial charge in [0.1, 0.15) is 5.02 Å². The van der Waals surface area contributed by atoms with Crippen molar-refractivity contribution in [1.29, 1.82) is 0 Å². The second-order valence-electron chi connectivity index (χ2n) is 4.59. The summed E-state index contributed by atoms with van der Waals surface area (Å²) in [6.45, 7) is 10.2. The molecule has 8 heteroatoms. The van der Waals surface area contributed by atoms with Crippen LogP contribution in [-0.2, 0) is 20.4 Å². The molecule has 0 radical (unpaired) electrons. The molecule has 0 fully saturated rings. The average molecular weight is 493 g/mol. The summed E-state index contributed by atoms with van der Waals surface area (Å²) in [6, 6.07) is 12.6. The zero-order chi connectivity index (χ0) is 20.7. The fourth-order valence-electron chi connectivity index (χ4n) is 1.57. The fourth-order valence-corrected chi connectivity index (χ4v) is 1.77. The SMILES string of the molecule is C=C/C=C/c1ccccc1[N+](=O)[O-].C=CC=C.O=[N+]([O-])c1ccccc1Cl.[Pd]. The number of nitro benzene ring substituents is 2. The van der Waals surface area contributed by atoms with Crippen molar-refractivity contribution in [3.05, 3.63) is 123 Å². The topological polar surface area (TPSA) is 86.3 Å². The van der Waals surface area contributed by atoms with Crippen LogP contribution in [0.4, 0.5) is 11.4 Å². The molecule has 0 saturated heterocycles. The van der Waals surface area contributed by atoms with Crippen LogP contribution in [0.3, 0.4) is 0 Å². The standard InChI is InChI=1S/C10H9NO2.C6H4ClNO2.C4H6.Pd/c1-2-3-6-9-7-4-5-8-10(9)11(12)13;7-5-3-1-2-4-6(5)8(9)10;1-3-4-2;/h2-8H,1H2;1-4H;3-4H,1-2H2;/b6-3+;;;. The number of rotatable bonds is 5. The molecular formula is C20H19ClN2O4Pd. The van der Waals surface area contributed by atoms with Crippen molar-refractivity contribution in [2.75, 3.05) is 0 Å². The van der Waals surface area contributed by atoms with Gasteiger partial charge in [0.2, 0.25) is 0 Å². The number of hydrogen-bond acceptors (Lipinski definition) is 4. The van der Waals surface area contributed by atoms with E-state index in [4.69, 9.17) is 11.6 Å². The first-order chi connectivity index (χ1) is 12.9. The van der Waals surface area contributed by atoms with Crippen LogP contribution in [0.15, 0.2) is 92.6 Å². The van der Waals surface area contributed by atoms with E-state index >= 15 is 0 Å². The first kappa shape index (κ1) is 27.4. The largest absolute Gasteiger partial charge is 0.287 e. The van der Waals surface area contributed by atoms with Crippen molar-refractivity contribution >= 4 is 29.1 Å². The average Bonchev–Trinajstić information content (AvgIpc) is 2.67. The predicted molar refractivity (Wildman–Crippen MR) is 111 cm³/mol. The third kappa shape index (κ3) is 11.0. The van der Waals surface area contributed by atoms with Crippen LogP contribution >= 0.6 is 11.6 Å². The maximum atomic E-state index is 10.5. The fraction of sp³-hybridized carbons (Fsp3) is 0. The van der Waals surface area contributed by atoms with Crippen LogP contribution in [0.25, 0.3) is 6.08 Å². The summed E-state index contributed by atoms with van der Waals surface area (Å²) < 4.78 is 0. The van der Waals surface area contributed by atoms with Gasteiger partial charge >= 0.3 is 0 Å². The number of halogens is 1. The summed E-state index contributed by atoms with van der Waals surface area (Å²) in [4.78, 5) is 19.8. The molecule has 0 aliphatic carbocycles. The Kier molecular flexibility index (Phi) is 16.0. The van der Waals surface area contributed by atoms with E-state index in [0.29, 0.717) is 5.56 Å². The Bertz CT molecular complexity index is 832. The number of nitro groups is 2. The van der Waals surface area contributed by atoms with Crippen molar-refractivity contribution in [3.63, 3.8) is 0 Å². The summed E-state index contributed by atoms with van der Waals surface area (Å²) in [5, 5.41) is 20.8. The Labute approximate surface area is 182 Å². The molecule has 0 bridgehead atoms. The summed E-state index contributed by atoms with van der Waals surface area (Å²) in [5.74, 6) is 0. The Hall–Kier alpha value is -2.85. The molecular weight excluding hydrogens is 474 g/mol. The minimum atomic E-state index is -0.512. The van der Waals surface area contributed by atoms with Crippen molar-refractivity contribution < 1.29 is 30.3 Å². The predicted octanol–water partition coefficient (Wildman–Crippen LogP) is 6.40. The minimum absolute atomic E-state index is 0. The van der Waals surface area contributed by atoms with Crippen LogP contribution in [0.2, 0.25) is 5.02 Å². The Morgan fingerprint density at radius 1 is 0.786 bits per heavy atom. The third-order valence-electron chi connectivity index (χ3n) is 2.76. The molecule has 0 heterocycles. The van der Waals surface area contributed by atoms with E-state index in [1.54, 1.807) is 60.7 Å². The molecule has 0 aliphatic rings. The van der Waals surface area contributed by atoms with Gasteiger partial charge in [0.15, 0.2) is 0 Å². The zero-order valence-corrected chi connectivity index (χ0v) is 17.2. The second kappa shape index (κ2) is 16.3. The Morgan fingerprint density at radius 3 is 1.64 bits per heavy atom. The number of nitrogens with zero attached hydrogens (tertiary/aromatic N) is 2. The van der Waals surface area contributed by atoms with Gasteiger partial charge in [-0.25, -0.2) is 0 Å². The number of benzene rings is 2. The van der Waals surface area contributed by atoms with Crippen molar-refractivity contribution in [2.45, 2.75) is 0 Å². The number of para-hydroxylation sites is 2. The molecule has 2 rings (SSSR count). The molecule has 0 aliphatic heterocycles. The smallest absolute Gasteiger partial charge is 0.258 e. The Balaban J connectivity index is 0. The van der Waals surface area contributed by atoms with Crippen LogP contribution in [0, 0.1) is 20.2 Å². The molecule has 0 saturated carbocycles. The van der Waals surface area contributed by atoms with Gasteiger partial charge in [-0.2, -0.15) is 0 Å². The number of hydrogen-bond donors (Lipinski definition) is 0. The normalized spacial score (nSPS) is 8.75.